The van der Waals surface area contributed by atoms with E-state index < -0.39 is 17.6 Å². The zero-order chi connectivity index (χ0) is 24.5. The van der Waals surface area contributed by atoms with Gasteiger partial charge < -0.3 is 16.2 Å². The fourth-order valence-electron chi connectivity index (χ4n) is 3.43. The van der Waals surface area contributed by atoms with Gasteiger partial charge in [-0.3, -0.25) is 9.48 Å². The highest BCUT2D eigenvalue weighted by atomic mass is 19.1. The van der Waals surface area contributed by atoms with Gasteiger partial charge in [0.05, 0.1) is 11.4 Å². The highest BCUT2D eigenvalue weighted by Gasteiger charge is 2.21. The summed E-state index contributed by atoms with van der Waals surface area (Å²) < 4.78 is 16.4. The molecule has 0 spiro atoms. The Morgan fingerprint density at radius 1 is 1.24 bits per heavy atom. The molecule has 176 valence electrons. The number of aliphatic hydroxyl groups excluding tert-OH is 1. The Labute approximate surface area is 196 Å². The quantitative estimate of drug-likeness (QED) is 0.387. The lowest BCUT2D eigenvalue weighted by molar-refractivity contribution is 0.0904. The maximum absolute atomic E-state index is 13.4. The predicted molar refractivity (Wildman–Crippen MR) is 124 cm³/mol. The molecule has 0 aliphatic carbocycles. The summed E-state index contributed by atoms with van der Waals surface area (Å²) in [6.07, 6.45) is 2.25. The minimum absolute atomic E-state index is 0.0779. The van der Waals surface area contributed by atoms with E-state index in [1.54, 1.807) is 54.5 Å². The van der Waals surface area contributed by atoms with Gasteiger partial charge in [0.1, 0.15) is 17.6 Å². The lowest BCUT2D eigenvalue weighted by Gasteiger charge is -2.22. The average Bonchev–Trinajstić information content (AvgIpc) is 3.46. The van der Waals surface area contributed by atoms with Crippen LogP contribution in [0.3, 0.4) is 0 Å². The summed E-state index contributed by atoms with van der Waals surface area (Å²) in [5, 5.41) is 22.0. The Bertz CT molecular complexity index is 1290. The second-order valence-corrected chi connectivity index (χ2v) is 8.58. The number of aryl methyl sites for hydroxylation is 1. The molecule has 0 aliphatic rings. The van der Waals surface area contributed by atoms with Gasteiger partial charge in [-0.2, -0.15) is 10.2 Å². The number of hydrogen-bond acceptors (Lipinski definition) is 6. The first-order chi connectivity index (χ1) is 16.1. The number of halogens is 1. The van der Waals surface area contributed by atoms with Crippen LogP contribution in [-0.2, 0) is 12.6 Å². The second-order valence-electron chi connectivity index (χ2n) is 8.58. The Morgan fingerprint density at radius 2 is 1.97 bits per heavy atom. The minimum atomic E-state index is -1.09. The van der Waals surface area contributed by atoms with Gasteiger partial charge in [0.15, 0.2) is 5.82 Å². The number of nitrogens with one attached hydrogen (secondary N) is 1. The first-order valence-corrected chi connectivity index (χ1v) is 10.7. The highest BCUT2D eigenvalue weighted by Crippen LogP contribution is 2.27. The molecule has 1 atom stereocenters. The summed E-state index contributed by atoms with van der Waals surface area (Å²) in [7, 11) is 1.65. The van der Waals surface area contributed by atoms with E-state index in [2.05, 4.69) is 20.5 Å². The van der Waals surface area contributed by atoms with Crippen molar-refractivity contribution in [1.82, 2.24) is 29.9 Å². The summed E-state index contributed by atoms with van der Waals surface area (Å²) in [5.74, 6) is -0.254. The maximum Gasteiger partial charge on any atom is 0.269 e. The Kier molecular flexibility index (Phi) is 6.27. The number of nitrogens with zero attached hydrogens (tertiary/aromatic N) is 5. The molecule has 9 nitrogen and oxygen atoms in total. The van der Waals surface area contributed by atoms with Gasteiger partial charge in [0, 0.05) is 43.2 Å². The molecule has 10 heteroatoms. The minimum Gasteiger partial charge on any atom is -0.385 e. The third kappa shape index (κ3) is 5.03. The van der Waals surface area contributed by atoms with Gasteiger partial charge in [-0.25, -0.2) is 14.1 Å². The fourth-order valence-corrected chi connectivity index (χ4v) is 3.43. The fraction of sp³-hybridized carbons (Fsp3) is 0.250. The molecule has 0 aliphatic heterocycles. The molecule has 3 heterocycles. The number of aliphatic hydroxyl groups is 1. The van der Waals surface area contributed by atoms with Crippen molar-refractivity contribution in [3.05, 3.63) is 83.7 Å². The third-order valence-electron chi connectivity index (χ3n) is 5.37. The van der Waals surface area contributed by atoms with Crippen molar-refractivity contribution >= 4 is 5.91 Å². The second kappa shape index (κ2) is 9.16. The van der Waals surface area contributed by atoms with Crippen LogP contribution in [0.1, 0.15) is 41.7 Å². The zero-order valence-corrected chi connectivity index (χ0v) is 19.1. The molecule has 4 rings (SSSR count). The molecule has 3 aromatic heterocycles. The van der Waals surface area contributed by atoms with Gasteiger partial charge in [0.2, 0.25) is 0 Å². The number of carbonyl (C=O) groups excluding carboxylic acids is 1. The Balaban J connectivity index is 1.54. The Hall–Kier alpha value is -3.89. The third-order valence-corrected chi connectivity index (χ3v) is 5.37. The van der Waals surface area contributed by atoms with E-state index >= 15 is 0 Å². The SMILES string of the molecule is Cn1nc(-n2cccn2)cc1C(=O)NCC(O)c1cc(C(C)(C)N)cc(-c2ccc(F)cc2)n1. The van der Waals surface area contributed by atoms with Crippen molar-refractivity contribution in [2.24, 2.45) is 12.8 Å². The van der Waals surface area contributed by atoms with Crippen LogP contribution >= 0.6 is 0 Å². The molecule has 1 amide bonds. The standard InChI is InChI=1S/C24H26FN7O2/c1-24(2,26)16-11-18(15-5-7-17(25)8-6-15)29-19(12-16)21(33)14-27-23(34)20-13-22(30-31(20)3)32-10-4-9-28-32/h4-13,21,33H,14,26H2,1-3H3,(H,27,34). The predicted octanol–water partition coefficient (Wildman–Crippen LogP) is 2.46. The topological polar surface area (TPSA) is 124 Å². The van der Waals surface area contributed by atoms with E-state index in [-0.39, 0.29) is 12.4 Å². The monoisotopic (exact) mass is 463 g/mol. The normalized spacial score (nSPS) is 12.5. The largest absolute Gasteiger partial charge is 0.385 e. The number of aromatic nitrogens is 5. The number of pyridine rings is 1. The number of rotatable bonds is 7. The van der Waals surface area contributed by atoms with E-state index in [1.165, 1.54) is 16.8 Å². The molecule has 0 saturated heterocycles. The summed E-state index contributed by atoms with van der Waals surface area (Å²) in [5.41, 5.74) is 8.24. The zero-order valence-electron chi connectivity index (χ0n) is 19.1. The summed E-state index contributed by atoms with van der Waals surface area (Å²) in [4.78, 5) is 17.3. The summed E-state index contributed by atoms with van der Waals surface area (Å²) in [6.45, 7) is 3.61. The molecule has 0 radical (unpaired) electrons. The lowest BCUT2D eigenvalue weighted by Crippen LogP contribution is -2.31. The first kappa shape index (κ1) is 23.3. The lowest BCUT2D eigenvalue weighted by atomic mass is 9.93. The van der Waals surface area contributed by atoms with Crippen molar-refractivity contribution in [1.29, 1.82) is 0 Å². The summed E-state index contributed by atoms with van der Waals surface area (Å²) >= 11 is 0. The average molecular weight is 464 g/mol. The molecule has 1 aromatic carbocycles. The molecule has 0 bridgehead atoms. The van der Waals surface area contributed by atoms with E-state index in [0.717, 1.165) is 5.56 Å². The molecule has 4 aromatic rings. The van der Waals surface area contributed by atoms with Crippen molar-refractivity contribution in [2.45, 2.75) is 25.5 Å². The number of carbonyl (C=O) groups is 1. The van der Waals surface area contributed by atoms with Crippen molar-refractivity contribution in [3.63, 3.8) is 0 Å². The van der Waals surface area contributed by atoms with Crippen molar-refractivity contribution in [2.75, 3.05) is 6.54 Å². The van der Waals surface area contributed by atoms with Crippen LogP contribution in [0.4, 0.5) is 4.39 Å². The highest BCUT2D eigenvalue weighted by molar-refractivity contribution is 5.93. The van der Waals surface area contributed by atoms with E-state index in [4.69, 9.17) is 5.73 Å². The number of nitrogens with two attached hydrogens (primary N) is 1. The molecule has 4 N–H and O–H groups in total. The number of benzene rings is 1. The molecule has 0 saturated carbocycles. The van der Waals surface area contributed by atoms with Crippen LogP contribution in [0.15, 0.2) is 60.9 Å². The maximum atomic E-state index is 13.4. The van der Waals surface area contributed by atoms with Gasteiger partial charge >= 0.3 is 0 Å². The summed E-state index contributed by atoms with van der Waals surface area (Å²) in [6, 6.07) is 12.8. The van der Waals surface area contributed by atoms with Crippen LogP contribution in [-0.4, -0.2) is 42.1 Å². The van der Waals surface area contributed by atoms with Gasteiger partial charge in [-0.05, 0) is 61.9 Å². The van der Waals surface area contributed by atoms with Gasteiger partial charge in [-0.15, -0.1) is 0 Å². The number of hydrogen-bond donors (Lipinski definition) is 3. The van der Waals surface area contributed by atoms with Crippen molar-refractivity contribution in [3.8, 4) is 17.1 Å². The smallest absolute Gasteiger partial charge is 0.269 e. The van der Waals surface area contributed by atoms with Crippen LogP contribution in [0.2, 0.25) is 0 Å². The molecular weight excluding hydrogens is 437 g/mol. The van der Waals surface area contributed by atoms with Gasteiger partial charge in [-0.1, -0.05) is 0 Å². The first-order valence-electron chi connectivity index (χ1n) is 10.7. The van der Waals surface area contributed by atoms with Crippen LogP contribution in [0.5, 0.6) is 0 Å². The van der Waals surface area contributed by atoms with E-state index in [0.29, 0.717) is 28.5 Å². The van der Waals surface area contributed by atoms with E-state index in [9.17, 15) is 14.3 Å². The van der Waals surface area contributed by atoms with Crippen molar-refractivity contribution < 1.29 is 14.3 Å². The number of amides is 1. The molecule has 0 fully saturated rings. The Morgan fingerprint density at radius 3 is 2.62 bits per heavy atom. The molecular formula is C24H26FN7O2. The van der Waals surface area contributed by atoms with Crippen LogP contribution in [0.25, 0.3) is 17.1 Å². The molecule has 1 unspecified atom stereocenters. The van der Waals surface area contributed by atoms with Crippen LogP contribution in [0, 0.1) is 5.82 Å². The van der Waals surface area contributed by atoms with Crippen LogP contribution < -0.4 is 11.1 Å². The van der Waals surface area contributed by atoms with Gasteiger partial charge in [0.25, 0.3) is 5.91 Å². The molecule has 34 heavy (non-hydrogen) atoms. The van der Waals surface area contributed by atoms with E-state index in [1.807, 2.05) is 19.9 Å².